The standard InChI is InChI=1S/C21H24F3N3O7S2/c1-33-18-7-6-16(13-19(18)36(31,32)26-8-10-34-11-9-26)25-20(28)14-27(35(2,29)30)17-5-3-4-15(12-17)21(22,23)24/h3-7,12-13H,8-11,14H2,1-2H3,(H,25,28). The fraction of sp³-hybridized carbons (Fsp3) is 0.381. The Morgan fingerprint density at radius 3 is 2.36 bits per heavy atom. The number of anilines is 2. The van der Waals surface area contributed by atoms with Gasteiger partial charge >= 0.3 is 6.18 Å². The lowest BCUT2D eigenvalue weighted by molar-refractivity contribution is -0.137. The van der Waals surface area contributed by atoms with Gasteiger partial charge in [-0.2, -0.15) is 17.5 Å². The molecule has 0 atom stereocenters. The van der Waals surface area contributed by atoms with Crippen molar-refractivity contribution in [2.75, 3.05) is 55.8 Å². The summed E-state index contributed by atoms with van der Waals surface area (Å²) in [7, 11) is -6.88. The largest absolute Gasteiger partial charge is 0.495 e. The summed E-state index contributed by atoms with van der Waals surface area (Å²) >= 11 is 0. The van der Waals surface area contributed by atoms with Gasteiger partial charge in [-0.1, -0.05) is 6.07 Å². The van der Waals surface area contributed by atoms with E-state index in [2.05, 4.69) is 5.32 Å². The summed E-state index contributed by atoms with van der Waals surface area (Å²) in [4.78, 5) is 12.5. The lowest BCUT2D eigenvalue weighted by atomic mass is 10.2. The first kappa shape index (κ1) is 27.7. The van der Waals surface area contributed by atoms with E-state index >= 15 is 0 Å². The fourth-order valence-electron chi connectivity index (χ4n) is 3.45. The molecule has 1 aliphatic rings. The molecule has 1 fully saturated rings. The summed E-state index contributed by atoms with van der Waals surface area (Å²) in [5.41, 5.74) is -1.42. The third-order valence-electron chi connectivity index (χ3n) is 5.18. The quantitative estimate of drug-likeness (QED) is 0.534. The predicted molar refractivity (Wildman–Crippen MR) is 125 cm³/mol. The van der Waals surface area contributed by atoms with Crippen molar-refractivity contribution in [2.24, 2.45) is 0 Å². The van der Waals surface area contributed by atoms with Crippen LogP contribution < -0.4 is 14.4 Å². The molecule has 1 aliphatic heterocycles. The Morgan fingerprint density at radius 1 is 1.11 bits per heavy atom. The number of hydrogen-bond acceptors (Lipinski definition) is 7. The normalized spacial score (nSPS) is 15.4. The van der Waals surface area contributed by atoms with Crippen LogP contribution >= 0.6 is 0 Å². The molecule has 198 valence electrons. The molecule has 1 heterocycles. The van der Waals surface area contributed by atoms with E-state index in [1.807, 2.05) is 0 Å². The number of ether oxygens (including phenoxy) is 2. The van der Waals surface area contributed by atoms with Crippen molar-refractivity contribution in [1.29, 1.82) is 0 Å². The molecule has 0 radical (unpaired) electrons. The van der Waals surface area contributed by atoms with Gasteiger partial charge in [0.25, 0.3) is 0 Å². The summed E-state index contributed by atoms with van der Waals surface area (Å²) in [6, 6.07) is 7.39. The smallest absolute Gasteiger partial charge is 0.416 e. The zero-order valence-corrected chi connectivity index (χ0v) is 20.9. The van der Waals surface area contributed by atoms with Gasteiger partial charge in [-0.3, -0.25) is 9.10 Å². The number of rotatable bonds is 8. The number of carbonyl (C=O) groups excluding carboxylic acids is 1. The summed E-state index contributed by atoms with van der Waals surface area (Å²) in [5, 5.41) is 2.40. The van der Waals surface area contributed by atoms with E-state index in [9.17, 15) is 34.8 Å². The minimum absolute atomic E-state index is 0.0186. The van der Waals surface area contributed by atoms with Crippen LogP contribution in [0.5, 0.6) is 5.75 Å². The van der Waals surface area contributed by atoms with E-state index < -0.39 is 44.2 Å². The Labute approximate surface area is 206 Å². The Bertz CT molecular complexity index is 1330. The molecule has 2 aromatic carbocycles. The Morgan fingerprint density at radius 2 is 1.78 bits per heavy atom. The van der Waals surface area contributed by atoms with Gasteiger partial charge in [0.1, 0.15) is 17.2 Å². The van der Waals surface area contributed by atoms with E-state index in [0.29, 0.717) is 10.4 Å². The number of benzene rings is 2. The van der Waals surface area contributed by atoms with Crippen LogP contribution in [0.2, 0.25) is 0 Å². The molecule has 0 unspecified atom stereocenters. The van der Waals surface area contributed by atoms with Gasteiger partial charge in [0.05, 0.1) is 37.8 Å². The van der Waals surface area contributed by atoms with Gasteiger partial charge in [-0.05, 0) is 36.4 Å². The SMILES string of the molecule is COc1ccc(NC(=O)CN(c2cccc(C(F)(F)F)c2)S(C)(=O)=O)cc1S(=O)(=O)N1CCOCC1. The first-order chi connectivity index (χ1) is 16.7. The van der Waals surface area contributed by atoms with Crippen molar-refractivity contribution < 1.29 is 44.3 Å². The number of halogens is 3. The maximum Gasteiger partial charge on any atom is 0.416 e. The zero-order chi connectivity index (χ0) is 26.7. The lowest BCUT2D eigenvalue weighted by Gasteiger charge is -2.27. The van der Waals surface area contributed by atoms with E-state index in [-0.39, 0.29) is 48.3 Å². The predicted octanol–water partition coefficient (Wildman–Crippen LogP) is 2.14. The molecule has 36 heavy (non-hydrogen) atoms. The number of nitrogens with zero attached hydrogens (tertiary/aromatic N) is 2. The second kappa shape index (κ2) is 10.6. The maximum absolute atomic E-state index is 13.1. The lowest BCUT2D eigenvalue weighted by Crippen LogP contribution is -2.40. The van der Waals surface area contributed by atoms with Gasteiger partial charge in [0.15, 0.2) is 0 Å². The van der Waals surface area contributed by atoms with Crippen LogP contribution in [0.1, 0.15) is 5.56 Å². The summed E-state index contributed by atoms with van der Waals surface area (Å²) < 4.78 is 102. The van der Waals surface area contributed by atoms with Gasteiger partial charge < -0.3 is 14.8 Å². The third kappa shape index (κ3) is 6.46. The van der Waals surface area contributed by atoms with Crippen molar-refractivity contribution in [3.05, 3.63) is 48.0 Å². The van der Waals surface area contributed by atoms with Gasteiger partial charge in [0.2, 0.25) is 26.0 Å². The van der Waals surface area contributed by atoms with Crippen LogP contribution in [0, 0.1) is 0 Å². The maximum atomic E-state index is 13.1. The molecular weight excluding hydrogens is 527 g/mol. The van der Waals surface area contributed by atoms with Crippen molar-refractivity contribution in [3.8, 4) is 5.75 Å². The van der Waals surface area contributed by atoms with E-state index in [1.165, 1.54) is 23.5 Å². The van der Waals surface area contributed by atoms with Crippen LogP contribution in [0.15, 0.2) is 47.4 Å². The van der Waals surface area contributed by atoms with E-state index in [4.69, 9.17) is 9.47 Å². The van der Waals surface area contributed by atoms with Crippen LogP contribution in [0.4, 0.5) is 24.5 Å². The van der Waals surface area contributed by atoms with Crippen molar-refractivity contribution in [2.45, 2.75) is 11.1 Å². The molecule has 1 N–H and O–H groups in total. The summed E-state index contributed by atoms with van der Waals surface area (Å²) in [6.07, 6.45) is -3.96. The number of carbonyl (C=O) groups is 1. The minimum atomic E-state index is -4.72. The van der Waals surface area contributed by atoms with Crippen LogP contribution in [-0.2, 0) is 35.8 Å². The monoisotopic (exact) mass is 551 g/mol. The highest BCUT2D eigenvalue weighted by Crippen LogP contribution is 2.33. The molecule has 0 saturated carbocycles. The molecule has 0 aromatic heterocycles. The molecule has 1 amide bonds. The van der Waals surface area contributed by atoms with Crippen molar-refractivity contribution >= 4 is 37.3 Å². The van der Waals surface area contributed by atoms with Crippen LogP contribution in [0.25, 0.3) is 0 Å². The van der Waals surface area contributed by atoms with Gasteiger partial charge in [0, 0.05) is 18.8 Å². The van der Waals surface area contributed by atoms with Gasteiger partial charge in [-0.25, -0.2) is 16.8 Å². The minimum Gasteiger partial charge on any atom is -0.495 e. The number of amides is 1. The molecular formula is C21H24F3N3O7S2. The average Bonchev–Trinajstić information content (AvgIpc) is 2.82. The highest BCUT2D eigenvalue weighted by atomic mass is 32.2. The third-order valence-corrected chi connectivity index (χ3v) is 8.24. The molecule has 3 rings (SSSR count). The first-order valence-corrected chi connectivity index (χ1v) is 13.7. The Balaban J connectivity index is 1.87. The summed E-state index contributed by atoms with van der Waals surface area (Å²) in [5.74, 6) is -0.876. The number of nitrogens with one attached hydrogen (secondary N) is 1. The summed E-state index contributed by atoms with van der Waals surface area (Å²) in [6.45, 7) is -0.161. The number of methoxy groups -OCH3 is 1. The molecule has 10 nitrogen and oxygen atoms in total. The highest BCUT2D eigenvalue weighted by molar-refractivity contribution is 7.92. The van der Waals surface area contributed by atoms with Crippen molar-refractivity contribution in [3.63, 3.8) is 0 Å². The van der Waals surface area contributed by atoms with Crippen molar-refractivity contribution in [1.82, 2.24) is 4.31 Å². The first-order valence-electron chi connectivity index (χ1n) is 10.4. The number of alkyl halides is 3. The molecule has 15 heteroatoms. The fourth-order valence-corrected chi connectivity index (χ4v) is 5.89. The number of morpholine rings is 1. The van der Waals surface area contributed by atoms with E-state index in [1.54, 1.807) is 0 Å². The van der Waals surface area contributed by atoms with Crippen LogP contribution in [-0.4, -0.2) is 73.3 Å². The average molecular weight is 552 g/mol. The Kier molecular flexibility index (Phi) is 8.17. The van der Waals surface area contributed by atoms with Crippen LogP contribution in [0.3, 0.4) is 0 Å². The number of hydrogen-bond donors (Lipinski definition) is 1. The highest BCUT2D eigenvalue weighted by Gasteiger charge is 2.32. The Hall–Kier alpha value is -2.88. The van der Waals surface area contributed by atoms with Gasteiger partial charge in [-0.15, -0.1) is 0 Å². The van der Waals surface area contributed by atoms with E-state index in [0.717, 1.165) is 30.5 Å². The second-order valence-corrected chi connectivity index (χ2v) is 11.6. The molecule has 0 bridgehead atoms. The topological polar surface area (TPSA) is 122 Å². The zero-order valence-electron chi connectivity index (χ0n) is 19.3. The molecule has 2 aromatic rings. The molecule has 1 saturated heterocycles. The number of sulfonamides is 2. The second-order valence-electron chi connectivity index (χ2n) is 7.75. The molecule has 0 aliphatic carbocycles. The molecule has 0 spiro atoms.